The van der Waals surface area contributed by atoms with Gasteiger partial charge in [0.15, 0.2) is 0 Å². The minimum Gasteiger partial charge on any atom is -0.481 e. The van der Waals surface area contributed by atoms with Gasteiger partial charge in [-0.25, -0.2) is 0 Å². The summed E-state index contributed by atoms with van der Waals surface area (Å²) in [5.74, 6) is -0.904. The fraction of sp³-hybridized carbons (Fsp3) is 0.533. The quantitative estimate of drug-likeness (QED) is 0.917. The molecule has 4 atom stereocenters. The first-order valence-electron chi connectivity index (χ1n) is 6.94. The summed E-state index contributed by atoms with van der Waals surface area (Å²) in [4.78, 5) is 13.7. The molecule has 0 saturated carbocycles. The van der Waals surface area contributed by atoms with Crippen LogP contribution in [-0.4, -0.2) is 28.1 Å². The van der Waals surface area contributed by atoms with E-state index in [2.05, 4.69) is 11.8 Å². The van der Waals surface area contributed by atoms with Gasteiger partial charge >= 0.3 is 5.97 Å². The van der Waals surface area contributed by atoms with Gasteiger partial charge in [-0.2, -0.15) is 0 Å². The van der Waals surface area contributed by atoms with E-state index in [4.69, 9.17) is 23.2 Å². The van der Waals surface area contributed by atoms with Crippen molar-refractivity contribution in [1.29, 1.82) is 0 Å². The van der Waals surface area contributed by atoms with Gasteiger partial charge in [0.25, 0.3) is 0 Å². The monoisotopic (exact) mass is 313 g/mol. The van der Waals surface area contributed by atoms with Gasteiger partial charge in [0.1, 0.15) is 0 Å². The molecular formula is C15H17Cl2NO2. The molecule has 5 heteroatoms. The summed E-state index contributed by atoms with van der Waals surface area (Å²) in [6.07, 6.45) is 2.82. The second-order valence-electron chi connectivity index (χ2n) is 5.77. The Balaban J connectivity index is 1.88. The summed E-state index contributed by atoms with van der Waals surface area (Å²) in [5.41, 5.74) is 1.03. The normalized spacial score (nSPS) is 30.6. The Kier molecular flexibility index (Phi) is 3.69. The van der Waals surface area contributed by atoms with Crippen LogP contribution in [0.1, 0.15) is 37.8 Å². The maximum Gasteiger partial charge on any atom is 0.308 e. The standard InChI is InChI=1S/C15H17Cl2NO2/c1-8(11-4-2-9(16)6-13(11)17)18-10-3-5-14(18)12(7-10)15(19)20/h2,4,6,8,10,12,14H,3,5,7H2,1H3,(H,19,20). The molecule has 20 heavy (non-hydrogen) atoms. The first-order valence-corrected chi connectivity index (χ1v) is 7.70. The molecule has 2 saturated heterocycles. The van der Waals surface area contributed by atoms with E-state index >= 15 is 0 Å². The predicted octanol–water partition coefficient (Wildman–Crippen LogP) is 3.99. The minimum atomic E-state index is -0.670. The van der Waals surface area contributed by atoms with Crippen molar-refractivity contribution in [3.63, 3.8) is 0 Å². The number of carboxylic acid groups (broad SMARTS) is 1. The van der Waals surface area contributed by atoms with E-state index in [0.717, 1.165) is 24.8 Å². The van der Waals surface area contributed by atoms with Crippen LogP contribution in [0.5, 0.6) is 0 Å². The Morgan fingerprint density at radius 3 is 2.75 bits per heavy atom. The summed E-state index contributed by atoms with van der Waals surface area (Å²) in [7, 11) is 0. The third kappa shape index (κ3) is 2.22. The van der Waals surface area contributed by atoms with E-state index in [1.165, 1.54) is 0 Å². The molecule has 1 aromatic rings. The number of rotatable bonds is 3. The van der Waals surface area contributed by atoms with Crippen molar-refractivity contribution in [1.82, 2.24) is 4.90 Å². The van der Waals surface area contributed by atoms with Gasteiger partial charge in [0.05, 0.1) is 5.92 Å². The maximum atomic E-state index is 11.3. The van der Waals surface area contributed by atoms with Crippen LogP contribution >= 0.6 is 23.2 Å². The van der Waals surface area contributed by atoms with E-state index in [9.17, 15) is 9.90 Å². The highest BCUT2D eigenvalue weighted by molar-refractivity contribution is 6.35. The zero-order valence-electron chi connectivity index (χ0n) is 11.2. The zero-order valence-corrected chi connectivity index (χ0v) is 12.7. The molecule has 4 unspecified atom stereocenters. The Morgan fingerprint density at radius 1 is 1.40 bits per heavy atom. The molecular weight excluding hydrogens is 297 g/mol. The first-order chi connectivity index (χ1) is 9.49. The van der Waals surface area contributed by atoms with E-state index < -0.39 is 5.97 Å². The summed E-state index contributed by atoms with van der Waals surface area (Å²) in [6.45, 7) is 2.10. The van der Waals surface area contributed by atoms with Gasteiger partial charge in [-0.15, -0.1) is 0 Å². The number of halogens is 2. The Morgan fingerprint density at radius 2 is 2.15 bits per heavy atom. The van der Waals surface area contributed by atoms with Crippen LogP contribution < -0.4 is 0 Å². The molecule has 2 heterocycles. The highest BCUT2D eigenvalue weighted by Gasteiger charge is 2.51. The second kappa shape index (κ2) is 5.21. The van der Waals surface area contributed by atoms with E-state index in [1.807, 2.05) is 12.1 Å². The summed E-state index contributed by atoms with van der Waals surface area (Å²) >= 11 is 12.2. The number of nitrogens with zero attached hydrogens (tertiary/aromatic N) is 1. The van der Waals surface area contributed by atoms with Crippen molar-refractivity contribution in [3.05, 3.63) is 33.8 Å². The van der Waals surface area contributed by atoms with Gasteiger partial charge in [-0.1, -0.05) is 29.3 Å². The molecule has 2 aliphatic rings. The summed E-state index contributed by atoms with van der Waals surface area (Å²) < 4.78 is 0. The second-order valence-corrected chi connectivity index (χ2v) is 6.61. The van der Waals surface area contributed by atoms with Crippen molar-refractivity contribution in [3.8, 4) is 0 Å². The SMILES string of the molecule is CC(c1ccc(Cl)cc1Cl)N1C2CCC1C(C(=O)O)C2. The van der Waals surface area contributed by atoms with Gasteiger partial charge in [0, 0.05) is 28.2 Å². The molecule has 0 amide bonds. The molecule has 1 N–H and O–H groups in total. The average Bonchev–Trinajstić information content (AvgIpc) is 2.95. The van der Waals surface area contributed by atoms with Crippen LogP contribution in [0, 0.1) is 5.92 Å². The van der Waals surface area contributed by atoms with E-state index in [-0.39, 0.29) is 18.0 Å². The molecule has 1 aromatic carbocycles. The van der Waals surface area contributed by atoms with Gasteiger partial charge in [-0.3, -0.25) is 9.69 Å². The Hall–Kier alpha value is -0.770. The van der Waals surface area contributed by atoms with E-state index in [0.29, 0.717) is 16.1 Å². The lowest BCUT2D eigenvalue weighted by Gasteiger charge is -2.30. The molecule has 3 nitrogen and oxygen atoms in total. The number of aliphatic carboxylic acids is 1. The van der Waals surface area contributed by atoms with Crippen molar-refractivity contribution in [2.45, 2.75) is 44.3 Å². The lowest BCUT2D eigenvalue weighted by molar-refractivity contribution is -0.142. The number of hydrogen-bond acceptors (Lipinski definition) is 2. The van der Waals surface area contributed by atoms with Crippen LogP contribution in [0.2, 0.25) is 10.0 Å². The smallest absolute Gasteiger partial charge is 0.308 e. The molecule has 3 rings (SSSR count). The number of benzene rings is 1. The highest BCUT2D eigenvalue weighted by atomic mass is 35.5. The lowest BCUT2D eigenvalue weighted by atomic mass is 9.89. The largest absolute Gasteiger partial charge is 0.481 e. The lowest BCUT2D eigenvalue weighted by Crippen LogP contribution is -2.35. The van der Waals surface area contributed by atoms with Crippen molar-refractivity contribution < 1.29 is 9.90 Å². The molecule has 0 radical (unpaired) electrons. The number of carbonyl (C=O) groups is 1. The van der Waals surface area contributed by atoms with Crippen molar-refractivity contribution in [2.24, 2.45) is 5.92 Å². The molecule has 108 valence electrons. The zero-order chi connectivity index (χ0) is 14.4. The van der Waals surface area contributed by atoms with E-state index in [1.54, 1.807) is 6.07 Å². The molecule has 0 aliphatic carbocycles. The third-order valence-electron chi connectivity index (χ3n) is 4.77. The molecule has 0 aromatic heterocycles. The maximum absolute atomic E-state index is 11.3. The van der Waals surface area contributed by atoms with Crippen LogP contribution in [0.15, 0.2) is 18.2 Å². The topological polar surface area (TPSA) is 40.5 Å². The van der Waals surface area contributed by atoms with Crippen LogP contribution in [0.3, 0.4) is 0 Å². The van der Waals surface area contributed by atoms with Crippen molar-refractivity contribution in [2.75, 3.05) is 0 Å². The van der Waals surface area contributed by atoms with Crippen LogP contribution in [0.4, 0.5) is 0 Å². The average molecular weight is 314 g/mol. The Labute approximate surface area is 128 Å². The fourth-order valence-electron chi connectivity index (χ4n) is 3.90. The van der Waals surface area contributed by atoms with Gasteiger partial charge in [-0.05, 0) is 43.9 Å². The van der Waals surface area contributed by atoms with Crippen LogP contribution in [-0.2, 0) is 4.79 Å². The first kappa shape index (κ1) is 14.2. The third-order valence-corrected chi connectivity index (χ3v) is 5.33. The summed E-state index contributed by atoms with van der Waals surface area (Å²) in [5, 5.41) is 10.6. The predicted molar refractivity (Wildman–Crippen MR) is 79.3 cm³/mol. The number of hydrogen-bond donors (Lipinski definition) is 1. The molecule has 2 aliphatic heterocycles. The summed E-state index contributed by atoms with van der Waals surface area (Å²) in [6, 6.07) is 6.17. The highest BCUT2D eigenvalue weighted by Crippen LogP contribution is 2.47. The van der Waals surface area contributed by atoms with Crippen LogP contribution in [0.25, 0.3) is 0 Å². The molecule has 2 bridgehead atoms. The molecule has 0 spiro atoms. The number of carboxylic acids is 1. The fourth-order valence-corrected chi connectivity index (χ4v) is 4.47. The van der Waals surface area contributed by atoms with Gasteiger partial charge in [0.2, 0.25) is 0 Å². The Bertz CT molecular complexity index is 549. The van der Waals surface area contributed by atoms with Crippen molar-refractivity contribution >= 4 is 29.2 Å². The van der Waals surface area contributed by atoms with Gasteiger partial charge < -0.3 is 5.11 Å². The minimum absolute atomic E-state index is 0.126. The molecule has 2 fully saturated rings. The number of fused-ring (bicyclic) bond motifs is 2.